The van der Waals surface area contributed by atoms with Crippen LogP contribution in [0.1, 0.15) is 19.3 Å². The minimum absolute atomic E-state index is 0.0486. The summed E-state index contributed by atoms with van der Waals surface area (Å²) in [4.78, 5) is 0. The van der Waals surface area contributed by atoms with Crippen molar-refractivity contribution >= 4 is 0 Å². The Labute approximate surface area is 45.7 Å². The van der Waals surface area contributed by atoms with E-state index in [9.17, 15) is 13.2 Å². The first kappa shape index (κ1) is 5.92. The molecule has 0 N–H and O–H groups in total. The molecule has 0 nitrogen and oxygen atoms in total. The lowest BCUT2D eigenvalue weighted by molar-refractivity contribution is -0.00244. The number of halogens is 3. The van der Waals surface area contributed by atoms with E-state index in [1.54, 1.807) is 0 Å². The van der Waals surface area contributed by atoms with Gasteiger partial charge in [0.15, 0.2) is 0 Å². The highest BCUT2D eigenvalue weighted by atomic mass is 19.3. The van der Waals surface area contributed by atoms with Gasteiger partial charge in [-0.15, -0.1) is 0 Å². The molecule has 0 amide bonds. The van der Waals surface area contributed by atoms with Crippen LogP contribution in [0.2, 0.25) is 0 Å². The van der Waals surface area contributed by atoms with E-state index in [4.69, 9.17) is 0 Å². The predicted molar refractivity (Wildman–Crippen MR) is 23.1 cm³/mol. The molecular weight excluding hydrogens is 117 g/mol. The molecule has 0 bridgehead atoms. The molecule has 47 valence electrons. The smallest absolute Gasteiger partial charge is 0.233 e. The largest absolute Gasteiger partial charge is 0.284 e. The standard InChI is InChI=1S/C5H6F3/c6-4-2-1-3-5(4,7)8/h1-3H2. The Morgan fingerprint density at radius 1 is 1.38 bits per heavy atom. The van der Waals surface area contributed by atoms with Crippen molar-refractivity contribution in [3.63, 3.8) is 0 Å². The van der Waals surface area contributed by atoms with Gasteiger partial charge in [-0.2, -0.15) is 0 Å². The monoisotopic (exact) mass is 123 g/mol. The second kappa shape index (κ2) is 1.64. The van der Waals surface area contributed by atoms with Crippen molar-refractivity contribution in [3.8, 4) is 0 Å². The van der Waals surface area contributed by atoms with Crippen LogP contribution >= 0.6 is 0 Å². The summed E-state index contributed by atoms with van der Waals surface area (Å²) in [5.74, 6) is -3.10. The molecular formula is C5H6F3. The molecule has 0 aromatic rings. The molecule has 1 aliphatic carbocycles. The molecule has 1 fully saturated rings. The van der Waals surface area contributed by atoms with E-state index < -0.39 is 12.1 Å². The molecule has 1 radical (unpaired) electrons. The molecule has 0 saturated heterocycles. The SMILES string of the molecule is F[C]1CCCC1(F)F. The summed E-state index contributed by atoms with van der Waals surface area (Å²) in [5.41, 5.74) is 0. The molecule has 1 saturated carbocycles. The number of hydrogen-bond donors (Lipinski definition) is 0. The highest BCUT2D eigenvalue weighted by Crippen LogP contribution is 2.42. The summed E-state index contributed by atoms with van der Waals surface area (Å²) in [5, 5.41) is 0. The zero-order valence-electron chi connectivity index (χ0n) is 4.26. The summed E-state index contributed by atoms with van der Waals surface area (Å²) in [6, 6.07) is 0. The minimum Gasteiger partial charge on any atom is -0.233 e. The summed E-state index contributed by atoms with van der Waals surface area (Å²) in [7, 11) is 0. The second-order valence-corrected chi connectivity index (χ2v) is 1.96. The Balaban J connectivity index is 2.54. The van der Waals surface area contributed by atoms with E-state index in [0.29, 0.717) is 6.42 Å². The van der Waals surface area contributed by atoms with E-state index in [0.717, 1.165) is 0 Å². The van der Waals surface area contributed by atoms with Crippen LogP contribution in [0.15, 0.2) is 0 Å². The Bertz CT molecular complexity index is 89.7. The van der Waals surface area contributed by atoms with Crippen molar-refractivity contribution in [1.82, 2.24) is 0 Å². The lowest BCUT2D eigenvalue weighted by Gasteiger charge is -2.07. The fraction of sp³-hybridized carbons (Fsp3) is 0.800. The van der Waals surface area contributed by atoms with E-state index in [-0.39, 0.29) is 12.8 Å². The molecule has 8 heavy (non-hydrogen) atoms. The molecule has 1 aliphatic rings. The fourth-order valence-corrected chi connectivity index (χ4v) is 0.784. The molecule has 3 heteroatoms. The quantitative estimate of drug-likeness (QED) is 0.463. The maximum Gasteiger partial charge on any atom is 0.284 e. The van der Waals surface area contributed by atoms with Crippen molar-refractivity contribution in [2.45, 2.75) is 25.2 Å². The second-order valence-electron chi connectivity index (χ2n) is 1.96. The third-order valence-corrected chi connectivity index (χ3v) is 1.28. The molecule has 0 atom stereocenters. The van der Waals surface area contributed by atoms with Crippen LogP contribution in [0.4, 0.5) is 13.2 Å². The molecule has 0 aliphatic heterocycles. The van der Waals surface area contributed by atoms with Gasteiger partial charge in [0.25, 0.3) is 5.92 Å². The Kier molecular flexibility index (Phi) is 1.21. The van der Waals surface area contributed by atoms with Gasteiger partial charge in [-0.05, 0) is 12.8 Å². The average Bonchev–Trinajstić information content (AvgIpc) is 1.86. The summed E-state index contributed by atoms with van der Waals surface area (Å²) in [6.07, 6.45) is -1.21. The Morgan fingerprint density at radius 3 is 2.12 bits per heavy atom. The summed E-state index contributed by atoms with van der Waals surface area (Å²) in [6.45, 7) is 0. The van der Waals surface area contributed by atoms with Gasteiger partial charge in [0.2, 0.25) is 6.17 Å². The molecule has 0 aromatic carbocycles. The van der Waals surface area contributed by atoms with Crippen molar-refractivity contribution in [3.05, 3.63) is 6.17 Å². The number of alkyl halides is 2. The van der Waals surface area contributed by atoms with Gasteiger partial charge in [-0.3, -0.25) is 0 Å². The van der Waals surface area contributed by atoms with Gasteiger partial charge in [-0.25, -0.2) is 13.2 Å². The van der Waals surface area contributed by atoms with Gasteiger partial charge < -0.3 is 0 Å². The van der Waals surface area contributed by atoms with Crippen LogP contribution < -0.4 is 0 Å². The van der Waals surface area contributed by atoms with E-state index in [1.807, 2.05) is 0 Å². The molecule has 0 spiro atoms. The van der Waals surface area contributed by atoms with E-state index >= 15 is 0 Å². The van der Waals surface area contributed by atoms with Crippen LogP contribution in [0, 0.1) is 6.17 Å². The normalized spacial score (nSPS) is 28.9. The van der Waals surface area contributed by atoms with Crippen molar-refractivity contribution in [2.24, 2.45) is 0 Å². The van der Waals surface area contributed by atoms with Crippen LogP contribution in [0.3, 0.4) is 0 Å². The van der Waals surface area contributed by atoms with E-state index in [1.165, 1.54) is 0 Å². The minimum atomic E-state index is -3.10. The zero-order chi connectivity index (χ0) is 6.20. The first-order valence-electron chi connectivity index (χ1n) is 2.52. The Morgan fingerprint density at radius 2 is 2.00 bits per heavy atom. The molecule has 0 heterocycles. The number of rotatable bonds is 0. The van der Waals surface area contributed by atoms with Crippen LogP contribution in [0.5, 0.6) is 0 Å². The van der Waals surface area contributed by atoms with Crippen LogP contribution in [-0.4, -0.2) is 5.92 Å². The van der Waals surface area contributed by atoms with Gasteiger partial charge in [0.1, 0.15) is 0 Å². The number of hydrogen-bond acceptors (Lipinski definition) is 0. The predicted octanol–water partition coefficient (Wildman–Crippen LogP) is 2.31. The third kappa shape index (κ3) is 0.812. The summed E-state index contributed by atoms with van der Waals surface area (Å²) < 4.78 is 35.7. The summed E-state index contributed by atoms with van der Waals surface area (Å²) >= 11 is 0. The van der Waals surface area contributed by atoms with Crippen molar-refractivity contribution in [2.75, 3.05) is 0 Å². The third-order valence-electron chi connectivity index (χ3n) is 1.28. The maximum atomic E-state index is 11.9. The molecule has 0 unspecified atom stereocenters. The van der Waals surface area contributed by atoms with Crippen molar-refractivity contribution in [1.29, 1.82) is 0 Å². The van der Waals surface area contributed by atoms with Gasteiger partial charge in [-0.1, -0.05) is 0 Å². The first-order chi connectivity index (χ1) is 3.63. The van der Waals surface area contributed by atoms with Gasteiger partial charge in [0, 0.05) is 6.42 Å². The highest BCUT2D eigenvalue weighted by Gasteiger charge is 2.45. The lowest BCUT2D eigenvalue weighted by Crippen LogP contribution is -2.15. The van der Waals surface area contributed by atoms with Crippen molar-refractivity contribution < 1.29 is 13.2 Å². The fourth-order valence-electron chi connectivity index (χ4n) is 0.784. The first-order valence-corrected chi connectivity index (χ1v) is 2.52. The average molecular weight is 123 g/mol. The topological polar surface area (TPSA) is 0 Å². The van der Waals surface area contributed by atoms with Crippen LogP contribution in [0.25, 0.3) is 0 Å². The van der Waals surface area contributed by atoms with Gasteiger partial charge >= 0.3 is 0 Å². The highest BCUT2D eigenvalue weighted by molar-refractivity contribution is 4.98. The van der Waals surface area contributed by atoms with E-state index in [2.05, 4.69) is 0 Å². The van der Waals surface area contributed by atoms with Gasteiger partial charge in [0.05, 0.1) is 0 Å². The molecule has 1 rings (SSSR count). The van der Waals surface area contributed by atoms with Crippen LogP contribution in [-0.2, 0) is 0 Å². The Hall–Kier alpha value is -0.210. The maximum absolute atomic E-state index is 11.9. The molecule has 0 aromatic heterocycles. The zero-order valence-corrected chi connectivity index (χ0v) is 4.26. The lowest BCUT2D eigenvalue weighted by atomic mass is 10.3.